The first-order chi connectivity index (χ1) is 20.1. The molecule has 3 aromatic rings. The first-order valence-electron chi connectivity index (χ1n) is 13.1. The summed E-state index contributed by atoms with van der Waals surface area (Å²) in [5.41, 5.74) is 1.91. The van der Waals surface area contributed by atoms with Gasteiger partial charge >= 0.3 is 5.97 Å². The number of imide groups is 1. The number of fused-ring (bicyclic) bond motifs is 1. The van der Waals surface area contributed by atoms with Crippen LogP contribution in [0.5, 0.6) is 0 Å². The van der Waals surface area contributed by atoms with Crippen molar-refractivity contribution in [1.82, 2.24) is 0 Å². The van der Waals surface area contributed by atoms with Crippen molar-refractivity contribution in [3.05, 3.63) is 111 Å². The Kier molecular flexibility index (Phi) is 7.74. The number of nitro groups is 1. The highest BCUT2D eigenvalue weighted by atomic mass is 16.6. The SMILES string of the molecule is CC1=CC[C@H]2C(=O)N(c3ccc(C(=O)Nc4cccc(C(=O)OCC(=O)c5cccc([N+](=O)[O-])c5)c4)cc3)C(=O)[C@@H]2C1. The number of carbonyl (C=O) groups excluding carboxylic acids is 5. The van der Waals surface area contributed by atoms with E-state index in [0.29, 0.717) is 24.2 Å². The van der Waals surface area contributed by atoms with E-state index in [9.17, 15) is 34.1 Å². The molecule has 1 aliphatic carbocycles. The maximum Gasteiger partial charge on any atom is 0.338 e. The van der Waals surface area contributed by atoms with Crippen LogP contribution >= 0.6 is 0 Å². The van der Waals surface area contributed by atoms with Crippen molar-refractivity contribution >= 4 is 46.5 Å². The van der Waals surface area contributed by atoms with Gasteiger partial charge in [-0.05, 0) is 62.2 Å². The highest BCUT2D eigenvalue weighted by Crippen LogP contribution is 2.39. The quantitative estimate of drug-likeness (QED) is 0.102. The van der Waals surface area contributed by atoms with Gasteiger partial charge in [0.2, 0.25) is 17.6 Å². The number of carbonyl (C=O) groups is 5. The molecule has 1 heterocycles. The topological polar surface area (TPSA) is 153 Å². The summed E-state index contributed by atoms with van der Waals surface area (Å²) in [6.45, 7) is 1.33. The van der Waals surface area contributed by atoms with E-state index in [1.165, 1.54) is 53.4 Å². The molecule has 11 nitrogen and oxygen atoms in total. The van der Waals surface area contributed by atoms with Gasteiger partial charge in [0.1, 0.15) is 0 Å². The molecule has 1 saturated heterocycles. The summed E-state index contributed by atoms with van der Waals surface area (Å²) in [4.78, 5) is 75.1. The van der Waals surface area contributed by atoms with Crippen molar-refractivity contribution in [2.75, 3.05) is 16.8 Å². The Morgan fingerprint density at radius 1 is 0.929 bits per heavy atom. The van der Waals surface area contributed by atoms with Gasteiger partial charge in [0, 0.05) is 28.9 Å². The van der Waals surface area contributed by atoms with Crippen LogP contribution in [-0.2, 0) is 14.3 Å². The lowest BCUT2D eigenvalue weighted by Crippen LogP contribution is -2.30. The van der Waals surface area contributed by atoms with Gasteiger partial charge in [-0.25, -0.2) is 4.79 Å². The molecule has 0 saturated carbocycles. The molecule has 3 aromatic carbocycles. The number of ketones is 1. The lowest BCUT2D eigenvalue weighted by atomic mass is 9.82. The Hall–Kier alpha value is -5.45. The normalized spacial score (nSPS) is 17.7. The molecule has 0 spiro atoms. The second-order valence-electron chi connectivity index (χ2n) is 10.1. The van der Waals surface area contributed by atoms with Gasteiger partial charge in [-0.1, -0.05) is 29.8 Å². The molecule has 1 N–H and O–H groups in total. The van der Waals surface area contributed by atoms with Crippen LogP contribution in [0.2, 0.25) is 0 Å². The number of nitro benzene ring substituents is 1. The third kappa shape index (κ3) is 5.71. The van der Waals surface area contributed by atoms with Crippen LogP contribution in [0.1, 0.15) is 50.8 Å². The molecular formula is C31H25N3O8. The number of anilines is 2. The third-order valence-corrected chi connectivity index (χ3v) is 7.28. The molecule has 42 heavy (non-hydrogen) atoms. The van der Waals surface area contributed by atoms with Gasteiger partial charge < -0.3 is 10.1 Å². The smallest absolute Gasteiger partial charge is 0.338 e. The summed E-state index contributed by atoms with van der Waals surface area (Å²) in [5.74, 6) is -3.10. The van der Waals surface area contributed by atoms with E-state index in [2.05, 4.69) is 5.32 Å². The lowest BCUT2D eigenvalue weighted by Gasteiger charge is -2.18. The monoisotopic (exact) mass is 567 g/mol. The molecule has 2 atom stereocenters. The molecule has 11 heteroatoms. The van der Waals surface area contributed by atoms with Crippen molar-refractivity contribution in [3.8, 4) is 0 Å². The minimum atomic E-state index is -0.819. The number of ether oxygens (including phenoxy) is 1. The van der Waals surface area contributed by atoms with Crippen LogP contribution in [0, 0.1) is 22.0 Å². The Bertz CT molecular complexity index is 1660. The predicted molar refractivity (Wildman–Crippen MR) is 151 cm³/mol. The Balaban J connectivity index is 1.20. The first-order valence-corrected chi connectivity index (χ1v) is 13.1. The first kappa shape index (κ1) is 28.1. The fourth-order valence-electron chi connectivity index (χ4n) is 5.07. The molecule has 0 radical (unpaired) electrons. The van der Waals surface area contributed by atoms with Gasteiger partial charge in [-0.2, -0.15) is 0 Å². The van der Waals surface area contributed by atoms with Gasteiger partial charge in [0.25, 0.3) is 11.6 Å². The number of nitrogens with one attached hydrogen (secondary N) is 1. The molecule has 0 aromatic heterocycles. The van der Waals surface area contributed by atoms with Crippen LogP contribution in [0.4, 0.5) is 17.1 Å². The number of rotatable bonds is 8. The molecule has 3 amide bonds. The number of hydrogen-bond acceptors (Lipinski definition) is 8. The van der Waals surface area contributed by atoms with E-state index in [1.54, 1.807) is 18.2 Å². The van der Waals surface area contributed by atoms with E-state index in [-0.39, 0.29) is 46.0 Å². The summed E-state index contributed by atoms with van der Waals surface area (Å²) in [6, 6.07) is 17.1. The van der Waals surface area contributed by atoms with E-state index < -0.39 is 29.2 Å². The van der Waals surface area contributed by atoms with E-state index in [1.807, 2.05) is 13.0 Å². The fraction of sp³-hybridized carbons (Fsp3) is 0.194. The van der Waals surface area contributed by atoms with E-state index >= 15 is 0 Å². The van der Waals surface area contributed by atoms with Crippen molar-refractivity contribution in [1.29, 1.82) is 0 Å². The minimum Gasteiger partial charge on any atom is -0.454 e. The maximum atomic E-state index is 13.0. The van der Waals surface area contributed by atoms with E-state index in [4.69, 9.17) is 4.74 Å². The highest BCUT2D eigenvalue weighted by molar-refractivity contribution is 6.22. The summed E-state index contributed by atoms with van der Waals surface area (Å²) in [7, 11) is 0. The second kappa shape index (κ2) is 11.6. The zero-order valence-corrected chi connectivity index (χ0v) is 22.4. The Morgan fingerprint density at radius 3 is 2.36 bits per heavy atom. The Labute approximate surface area is 239 Å². The van der Waals surface area contributed by atoms with Crippen LogP contribution in [-0.4, -0.2) is 41.0 Å². The molecule has 1 aliphatic heterocycles. The highest BCUT2D eigenvalue weighted by Gasteiger charge is 2.48. The van der Waals surface area contributed by atoms with E-state index in [0.717, 1.165) is 11.6 Å². The Morgan fingerprint density at radius 2 is 1.62 bits per heavy atom. The number of amides is 3. The largest absolute Gasteiger partial charge is 0.454 e. The minimum absolute atomic E-state index is 0.0351. The molecule has 1 fully saturated rings. The maximum absolute atomic E-state index is 13.0. The van der Waals surface area contributed by atoms with Crippen molar-refractivity contribution in [2.45, 2.75) is 19.8 Å². The number of non-ortho nitro benzene ring substituents is 1. The van der Waals surface area contributed by atoms with Crippen molar-refractivity contribution < 1.29 is 33.6 Å². The van der Waals surface area contributed by atoms with Gasteiger partial charge in [0.05, 0.1) is 28.0 Å². The number of Topliss-reactive ketones (excluding diaryl/α,β-unsaturated/α-hetero) is 1. The number of hydrogen-bond donors (Lipinski definition) is 1. The fourth-order valence-corrected chi connectivity index (χ4v) is 5.07. The number of allylic oxidation sites excluding steroid dienone is 2. The molecule has 212 valence electrons. The van der Waals surface area contributed by atoms with Gasteiger partial charge in [0.15, 0.2) is 6.61 Å². The number of benzene rings is 3. The average Bonchev–Trinajstić information content (AvgIpc) is 3.24. The molecule has 0 unspecified atom stereocenters. The number of nitrogens with zero attached hydrogens (tertiary/aromatic N) is 2. The summed E-state index contributed by atoms with van der Waals surface area (Å²) in [6.07, 6.45) is 3.10. The van der Waals surface area contributed by atoms with Gasteiger partial charge in [-0.3, -0.25) is 34.2 Å². The number of esters is 1. The average molecular weight is 568 g/mol. The standard InChI is InChI=1S/C31H25N3O8/c1-18-8-13-25-26(14-18)30(38)33(29(25)37)23-11-9-19(10-12-23)28(36)32-22-6-2-5-21(15-22)31(39)42-17-27(35)20-4-3-7-24(16-20)34(40)41/h2-12,15-16,25-26H,13-14,17H2,1H3,(H,32,36)/t25-,26-/m1/s1. The zero-order chi connectivity index (χ0) is 30.0. The summed E-state index contributed by atoms with van der Waals surface area (Å²) in [5, 5.41) is 13.6. The second-order valence-corrected chi connectivity index (χ2v) is 10.1. The molecule has 0 bridgehead atoms. The summed E-state index contributed by atoms with van der Waals surface area (Å²) >= 11 is 0. The molecule has 2 aliphatic rings. The van der Waals surface area contributed by atoms with Crippen molar-refractivity contribution in [2.24, 2.45) is 11.8 Å². The predicted octanol–water partition coefficient (Wildman–Crippen LogP) is 4.73. The van der Waals surface area contributed by atoms with Crippen LogP contribution in [0.3, 0.4) is 0 Å². The van der Waals surface area contributed by atoms with Crippen LogP contribution < -0.4 is 10.2 Å². The molecule has 5 rings (SSSR count). The lowest BCUT2D eigenvalue weighted by molar-refractivity contribution is -0.384. The zero-order valence-electron chi connectivity index (χ0n) is 22.4. The van der Waals surface area contributed by atoms with Crippen LogP contribution in [0.15, 0.2) is 84.4 Å². The van der Waals surface area contributed by atoms with Crippen molar-refractivity contribution in [3.63, 3.8) is 0 Å². The van der Waals surface area contributed by atoms with Crippen LogP contribution in [0.25, 0.3) is 0 Å². The van der Waals surface area contributed by atoms with Gasteiger partial charge in [-0.15, -0.1) is 0 Å². The third-order valence-electron chi connectivity index (χ3n) is 7.28. The summed E-state index contributed by atoms with van der Waals surface area (Å²) < 4.78 is 5.08. The molecular weight excluding hydrogens is 542 g/mol.